The van der Waals surface area contributed by atoms with Gasteiger partial charge in [-0.2, -0.15) is 0 Å². The first-order valence-corrected chi connectivity index (χ1v) is 8.55. The summed E-state index contributed by atoms with van der Waals surface area (Å²) >= 11 is 0. The molecule has 22 heavy (non-hydrogen) atoms. The van der Waals surface area contributed by atoms with E-state index in [1.807, 2.05) is 0 Å². The number of piperidine rings is 1. The third-order valence-electron chi connectivity index (χ3n) is 4.49. The maximum atomic E-state index is 4.85. The Morgan fingerprint density at radius 3 is 2.73 bits per heavy atom. The number of nitrogens with zero attached hydrogens (tertiary/aromatic N) is 3. The number of hydrogen-bond donors (Lipinski definition) is 0. The zero-order chi connectivity index (χ0) is 15.4. The van der Waals surface area contributed by atoms with Crippen molar-refractivity contribution in [3.05, 3.63) is 42.2 Å². The molecule has 2 heterocycles. The molecular weight excluding hydrogens is 270 g/mol. The van der Waals surface area contributed by atoms with Crippen molar-refractivity contribution >= 4 is 11.0 Å². The van der Waals surface area contributed by atoms with Crippen LogP contribution in [0.5, 0.6) is 0 Å². The first-order valence-electron chi connectivity index (χ1n) is 8.55. The number of likely N-dealkylation sites (tertiary alicyclic amines) is 1. The van der Waals surface area contributed by atoms with Gasteiger partial charge in [-0.05, 0) is 58.0 Å². The van der Waals surface area contributed by atoms with Gasteiger partial charge in [0, 0.05) is 13.0 Å². The molecule has 118 valence electrons. The van der Waals surface area contributed by atoms with E-state index in [1.54, 1.807) is 0 Å². The summed E-state index contributed by atoms with van der Waals surface area (Å²) in [5.74, 6) is 1.21. The lowest BCUT2D eigenvalue weighted by Crippen LogP contribution is -2.30. The highest BCUT2D eigenvalue weighted by atomic mass is 15.1. The molecule has 1 aromatic heterocycles. The third kappa shape index (κ3) is 3.58. The fourth-order valence-corrected chi connectivity index (χ4v) is 3.41. The fourth-order valence-electron chi connectivity index (χ4n) is 3.41. The van der Waals surface area contributed by atoms with Crippen LogP contribution in [0.1, 0.15) is 38.4 Å². The molecule has 0 aliphatic carbocycles. The molecule has 3 rings (SSSR count). The molecular formula is C19H27N3. The molecule has 0 bridgehead atoms. The molecule has 1 saturated heterocycles. The smallest absolute Gasteiger partial charge is 0.110 e. The minimum absolute atomic E-state index is 0.875. The lowest BCUT2D eigenvalue weighted by Gasteiger charge is -2.26. The molecule has 0 unspecified atom stereocenters. The van der Waals surface area contributed by atoms with E-state index in [0.29, 0.717) is 0 Å². The van der Waals surface area contributed by atoms with Crippen molar-refractivity contribution in [2.24, 2.45) is 0 Å². The summed E-state index contributed by atoms with van der Waals surface area (Å²) in [6.45, 7) is 10.8. The molecule has 3 heteroatoms. The Morgan fingerprint density at radius 2 is 1.95 bits per heavy atom. The summed E-state index contributed by atoms with van der Waals surface area (Å²) in [7, 11) is 0. The van der Waals surface area contributed by atoms with Crippen molar-refractivity contribution in [3.8, 4) is 0 Å². The number of aryl methyl sites for hydroxylation is 1. The van der Waals surface area contributed by atoms with Gasteiger partial charge in [0.25, 0.3) is 0 Å². The van der Waals surface area contributed by atoms with Crippen molar-refractivity contribution in [1.29, 1.82) is 0 Å². The van der Waals surface area contributed by atoms with Gasteiger partial charge in [0.1, 0.15) is 5.82 Å². The Balaban J connectivity index is 1.70. The highest BCUT2D eigenvalue weighted by molar-refractivity contribution is 5.76. The zero-order valence-electron chi connectivity index (χ0n) is 13.7. The van der Waals surface area contributed by atoms with Gasteiger partial charge < -0.3 is 9.47 Å². The van der Waals surface area contributed by atoms with Crippen LogP contribution in [-0.2, 0) is 13.0 Å². The van der Waals surface area contributed by atoms with Gasteiger partial charge in [-0.3, -0.25) is 0 Å². The molecule has 3 nitrogen and oxygen atoms in total. The molecule has 0 atom stereocenters. The van der Waals surface area contributed by atoms with E-state index in [0.717, 1.165) is 18.5 Å². The quantitative estimate of drug-likeness (QED) is 0.751. The largest absolute Gasteiger partial charge is 0.324 e. The van der Waals surface area contributed by atoms with E-state index in [-0.39, 0.29) is 0 Å². The van der Waals surface area contributed by atoms with Crippen LogP contribution >= 0.6 is 0 Å². The SMILES string of the molecule is C=C(C)Cn1c(CCCN2CCCCC2)nc2ccccc21. The van der Waals surface area contributed by atoms with E-state index in [2.05, 4.69) is 47.2 Å². The zero-order valence-corrected chi connectivity index (χ0v) is 13.7. The van der Waals surface area contributed by atoms with Gasteiger partial charge in [0.05, 0.1) is 11.0 Å². The molecule has 1 aromatic carbocycles. The molecule has 1 aliphatic heterocycles. The highest BCUT2D eigenvalue weighted by Crippen LogP contribution is 2.19. The summed E-state index contributed by atoms with van der Waals surface area (Å²) in [5.41, 5.74) is 3.52. The van der Waals surface area contributed by atoms with Crippen molar-refractivity contribution in [2.45, 2.75) is 45.6 Å². The van der Waals surface area contributed by atoms with E-state index < -0.39 is 0 Å². The molecule has 1 fully saturated rings. The summed E-state index contributed by atoms with van der Waals surface area (Å²) in [5, 5.41) is 0. The molecule has 0 radical (unpaired) electrons. The maximum absolute atomic E-state index is 4.85. The second-order valence-corrected chi connectivity index (χ2v) is 6.57. The van der Waals surface area contributed by atoms with Crippen LogP contribution < -0.4 is 0 Å². The monoisotopic (exact) mass is 297 g/mol. The van der Waals surface area contributed by atoms with Crippen LogP contribution in [0.4, 0.5) is 0 Å². The minimum Gasteiger partial charge on any atom is -0.324 e. The number of rotatable bonds is 6. The van der Waals surface area contributed by atoms with Crippen molar-refractivity contribution in [1.82, 2.24) is 14.5 Å². The topological polar surface area (TPSA) is 21.1 Å². The predicted molar refractivity (Wildman–Crippen MR) is 93.2 cm³/mol. The van der Waals surface area contributed by atoms with Crippen LogP contribution in [-0.4, -0.2) is 34.1 Å². The standard InChI is InChI=1S/C19H27N3/c1-16(2)15-22-18-10-5-4-9-17(18)20-19(22)11-8-14-21-12-6-3-7-13-21/h4-5,9-10H,1,3,6-8,11-15H2,2H3. The molecule has 1 aliphatic rings. The van der Waals surface area contributed by atoms with E-state index in [4.69, 9.17) is 4.98 Å². The Labute approximate surface area is 133 Å². The van der Waals surface area contributed by atoms with E-state index in [9.17, 15) is 0 Å². The van der Waals surface area contributed by atoms with Crippen LogP contribution in [0.3, 0.4) is 0 Å². The fraction of sp³-hybridized carbons (Fsp3) is 0.526. The normalized spacial score (nSPS) is 16.2. The number of fused-ring (bicyclic) bond motifs is 1. The van der Waals surface area contributed by atoms with Gasteiger partial charge in [-0.15, -0.1) is 0 Å². The first-order chi connectivity index (χ1) is 10.7. The van der Waals surface area contributed by atoms with Gasteiger partial charge in [-0.1, -0.05) is 30.7 Å². The van der Waals surface area contributed by atoms with Crippen molar-refractivity contribution in [3.63, 3.8) is 0 Å². The Bertz CT molecular complexity index is 635. The third-order valence-corrected chi connectivity index (χ3v) is 4.49. The average Bonchev–Trinajstić information content (AvgIpc) is 2.86. The highest BCUT2D eigenvalue weighted by Gasteiger charge is 2.12. The lowest BCUT2D eigenvalue weighted by molar-refractivity contribution is 0.226. The van der Waals surface area contributed by atoms with Gasteiger partial charge >= 0.3 is 0 Å². The number of benzene rings is 1. The number of allylic oxidation sites excluding steroid dienone is 1. The van der Waals surface area contributed by atoms with Crippen LogP contribution in [0, 0.1) is 0 Å². The number of hydrogen-bond acceptors (Lipinski definition) is 2. The summed E-state index contributed by atoms with van der Waals surface area (Å²) < 4.78 is 2.34. The Morgan fingerprint density at radius 1 is 1.18 bits per heavy atom. The molecule has 0 N–H and O–H groups in total. The lowest BCUT2D eigenvalue weighted by atomic mass is 10.1. The number of para-hydroxylation sites is 2. The molecule has 2 aromatic rings. The summed E-state index contributed by atoms with van der Waals surface area (Å²) in [6, 6.07) is 8.44. The van der Waals surface area contributed by atoms with Crippen molar-refractivity contribution < 1.29 is 0 Å². The molecule has 0 spiro atoms. The van der Waals surface area contributed by atoms with Gasteiger partial charge in [0.15, 0.2) is 0 Å². The molecule has 0 saturated carbocycles. The Kier molecular flexibility index (Phi) is 4.94. The second kappa shape index (κ2) is 7.10. The minimum atomic E-state index is 0.875. The van der Waals surface area contributed by atoms with Gasteiger partial charge in [-0.25, -0.2) is 4.98 Å². The first kappa shape index (κ1) is 15.3. The van der Waals surface area contributed by atoms with Crippen LogP contribution in [0.2, 0.25) is 0 Å². The molecule has 0 amide bonds. The number of aromatic nitrogens is 2. The van der Waals surface area contributed by atoms with Crippen molar-refractivity contribution in [2.75, 3.05) is 19.6 Å². The van der Waals surface area contributed by atoms with E-state index >= 15 is 0 Å². The maximum Gasteiger partial charge on any atom is 0.110 e. The number of imidazole rings is 1. The predicted octanol–water partition coefficient (Wildman–Crippen LogP) is 4.03. The van der Waals surface area contributed by atoms with Gasteiger partial charge in [0.2, 0.25) is 0 Å². The van der Waals surface area contributed by atoms with Crippen LogP contribution in [0.15, 0.2) is 36.4 Å². The average molecular weight is 297 g/mol. The summed E-state index contributed by atoms with van der Waals surface area (Å²) in [6.07, 6.45) is 6.39. The van der Waals surface area contributed by atoms with E-state index in [1.165, 1.54) is 62.2 Å². The Hall–Kier alpha value is -1.61. The second-order valence-electron chi connectivity index (χ2n) is 6.57. The summed E-state index contributed by atoms with van der Waals surface area (Å²) in [4.78, 5) is 7.46. The van der Waals surface area contributed by atoms with Crippen LogP contribution in [0.25, 0.3) is 11.0 Å².